The Morgan fingerprint density at radius 1 is 0.333 bits per heavy atom. The molecule has 0 radical (unpaired) electrons. The third kappa shape index (κ3) is 24.3. The van der Waals surface area contributed by atoms with Crippen LogP contribution in [0.15, 0.2) is 159 Å². The summed E-state index contributed by atoms with van der Waals surface area (Å²) in [6, 6.07) is 33.8. The van der Waals surface area contributed by atoms with Gasteiger partial charge in [-0.05, 0) is 208 Å². The number of hydrogen-bond acceptors (Lipinski definition) is 10. The predicted molar refractivity (Wildman–Crippen MR) is 378 cm³/mol. The summed E-state index contributed by atoms with van der Waals surface area (Å²) < 4.78 is 26.2. The van der Waals surface area contributed by atoms with Crippen LogP contribution in [0.2, 0.25) is 10.0 Å². The molecule has 0 aliphatic carbocycles. The van der Waals surface area contributed by atoms with E-state index in [2.05, 4.69) is 77.3 Å². The van der Waals surface area contributed by atoms with Gasteiger partial charge in [-0.25, -0.2) is 38.7 Å². The Balaban J connectivity index is 0.000000231. The summed E-state index contributed by atoms with van der Waals surface area (Å²) in [7, 11) is 0. The first-order valence-corrected chi connectivity index (χ1v) is 31.9. The van der Waals surface area contributed by atoms with Crippen molar-refractivity contribution in [3.05, 3.63) is 248 Å². The van der Waals surface area contributed by atoms with Gasteiger partial charge in [-0.15, -0.1) is 0 Å². The third-order valence-corrected chi connectivity index (χ3v) is 14.3. The maximum absolute atomic E-state index is 13.1. The average Bonchev–Trinajstić information content (AvgIpc) is 0.891. The van der Waals surface area contributed by atoms with E-state index in [1.54, 1.807) is 99.0 Å². The van der Waals surface area contributed by atoms with Crippen molar-refractivity contribution in [2.24, 2.45) is 0 Å². The molecular weight excluding hydrogens is 1250 g/mol. The maximum Gasteiger partial charge on any atom is 0.292 e. The van der Waals surface area contributed by atoms with Gasteiger partial charge in [-0.3, -0.25) is 19.2 Å². The zero-order valence-corrected chi connectivity index (χ0v) is 59.0. The molecule has 4 amide bonds. The van der Waals surface area contributed by atoms with Gasteiger partial charge in [0.1, 0.15) is 23.0 Å². The number of pyridine rings is 2. The molecule has 0 atom stereocenters. The fraction of sp³-hybridized carbons (Fsp3) is 0.308. The second-order valence-electron chi connectivity index (χ2n) is 25.4. The van der Waals surface area contributed by atoms with Crippen LogP contribution in [-0.4, -0.2) is 121 Å². The Kier molecular flexibility index (Phi) is 28.3. The number of carbonyl (C=O) groups is 4. The zero-order chi connectivity index (χ0) is 71.0. The molecule has 4 heterocycles. The van der Waals surface area contributed by atoms with E-state index >= 15 is 0 Å². The monoisotopic (exact) mass is 1330 g/mol. The summed E-state index contributed by atoms with van der Waals surface area (Å²) in [6.45, 7) is 34.1. The molecule has 0 saturated heterocycles. The van der Waals surface area contributed by atoms with Gasteiger partial charge in [0.15, 0.2) is 0 Å². The SMILES string of the molecule is CCN(C(=O)c1ccc(C#Cc2cccc(Cl)c2)cn1)C(C)(C)C.CCN(C(=O)c1ccc(C#Cc2cccc(F)c2)cn1)C(C)(C)C.CCN(C(=O)c1ncc(C#Cc2cccc(Cl)c2)cn1)C(C)(C)C.CCN(C(=O)c1ncc(C#Cc2cccc(F)c2)cn1)C(C)(C)C. The first kappa shape index (κ1) is 76.6. The van der Waals surface area contributed by atoms with E-state index in [0.29, 0.717) is 75.4 Å². The summed E-state index contributed by atoms with van der Waals surface area (Å²) in [6.07, 6.45) is 9.33. The smallest absolute Gasteiger partial charge is 0.292 e. The number of amides is 4. The first-order valence-electron chi connectivity index (χ1n) is 31.2. The lowest BCUT2D eigenvalue weighted by Crippen LogP contribution is -2.46. The largest absolute Gasteiger partial charge is 0.333 e. The van der Waals surface area contributed by atoms with Crippen LogP contribution in [0, 0.1) is 59.0 Å². The molecule has 0 N–H and O–H groups in total. The number of rotatable bonds is 8. The number of carbonyl (C=O) groups excluding carboxylic acids is 4. The minimum atomic E-state index is -0.333. The summed E-state index contributed by atoms with van der Waals surface area (Å²) in [4.78, 5) is 82.1. The molecule has 96 heavy (non-hydrogen) atoms. The number of halogens is 4. The van der Waals surface area contributed by atoms with Crippen molar-refractivity contribution in [1.29, 1.82) is 0 Å². The average molecular weight is 1330 g/mol. The standard InChI is InChI=1S/C20H21ClN2O.C20H21FN2O.C19H20ClN3O.C19H20FN3O/c2*1-5-23(20(2,3)4)19(24)18-12-11-16(14-22-18)10-9-15-7-6-8-17(21)13-15;2*1-5-23(19(2,3)4)18(24)17-21-12-15(13-22-17)10-9-14-7-6-8-16(20)11-14/h2*6-8,11-14H,5H2,1-4H3;2*6-8,11-13H,5H2,1-4H3. The number of hydrogen-bond donors (Lipinski definition) is 0. The van der Waals surface area contributed by atoms with Crippen LogP contribution in [0.4, 0.5) is 8.78 Å². The Hall–Kier alpha value is -10.1. The van der Waals surface area contributed by atoms with Crippen molar-refractivity contribution in [3.63, 3.8) is 0 Å². The van der Waals surface area contributed by atoms with Gasteiger partial charge >= 0.3 is 0 Å². The molecular formula is C78H82Cl2F2N10O4. The quantitative estimate of drug-likeness (QED) is 0.134. The van der Waals surface area contributed by atoms with Crippen molar-refractivity contribution < 1.29 is 28.0 Å². The molecule has 18 heteroatoms. The van der Waals surface area contributed by atoms with Gasteiger partial charge in [0.2, 0.25) is 11.6 Å². The Morgan fingerprint density at radius 3 is 0.833 bits per heavy atom. The second kappa shape index (κ2) is 35.4. The van der Waals surface area contributed by atoms with Crippen LogP contribution >= 0.6 is 23.2 Å². The van der Waals surface area contributed by atoms with Gasteiger partial charge in [0.25, 0.3) is 23.6 Å². The lowest BCUT2D eigenvalue weighted by molar-refractivity contribution is 0.0576. The van der Waals surface area contributed by atoms with Crippen LogP contribution in [0.5, 0.6) is 0 Å². The highest BCUT2D eigenvalue weighted by Gasteiger charge is 2.30. The fourth-order valence-corrected chi connectivity index (χ4v) is 9.63. The van der Waals surface area contributed by atoms with Crippen molar-refractivity contribution in [2.75, 3.05) is 26.2 Å². The highest BCUT2D eigenvalue weighted by atomic mass is 35.5. The molecule has 0 bridgehead atoms. The molecule has 8 rings (SSSR count). The maximum atomic E-state index is 13.1. The zero-order valence-electron chi connectivity index (χ0n) is 57.5. The topological polar surface area (TPSA) is 159 Å². The lowest BCUT2D eigenvalue weighted by atomic mass is 10.1. The van der Waals surface area contributed by atoms with Gasteiger partial charge < -0.3 is 19.6 Å². The van der Waals surface area contributed by atoms with E-state index in [1.165, 1.54) is 36.7 Å². The summed E-state index contributed by atoms with van der Waals surface area (Å²) >= 11 is 11.9. The van der Waals surface area contributed by atoms with Gasteiger partial charge in [0.05, 0.1) is 11.1 Å². The summed E-state index contributed by atoms with van der Waals surface area (Å²) in [5.41, 5.74) is 5.20. The fourth-order valence-electron chi connectivity index (χ4n) is 9.25. The molecule has 0 spiro atoms. The molecule has 496 valence electrons. The van der Waals surface area contributed by atoms with Gasteiger partial charge in [-0.1, -0.05) is 94.8 Å². The highest BCUT2D eigenvalue weighted by molar-refractivity contribution is 6.31. The molecule has 0 aliphatic rings. The molecule has 0 aliphatic heterocycles. The van der Waals surface area contributed by atoms with Crippen LogP contribution in [-0.2, 0) is 0 Å². The number of aromatic nitrogens is 6. The minimum Gasteiger partial charge on any atom is -0.333 e. The molecule has 4 aromatic carbocycles. The predicted octanol–water partition coefficient (Wildman–Crippen LogP) is 15.3. The number of benzene rings is 4. The van der Waals surface area contributed by atoms with Crippen LogP contribution in [0.3, 0.4) is 0 Å². The Bertz CT molecular complexity index is 3680. The van der Waals surface area contributed by atoms with E-state index in [9.17, 15) is 28.0 Å². The minimum absolute atomic E-state index is 0.0700. The van der Waals surface area contributed by atoms with Gasteiger partial charge in [0, 0.05) is 129 Å². The first-order chi connectivity index (χ1) is 45.2. The van der Waals surface area contributed by atoms with Crippen LogP contribution in [0.25, 0.3) is 0 Å². The van der Waals surface area contributed by atoms with E-state index in [1.807, 2.05) is 153 Å². The normalized spacial score (nSPS) is 10.7. The molecule has 8 aromatic rings. The highest BCUT2D eigenvalue weighted by Crippen LogP contribution is 2.21. The van der Waals surface area contributed by atoms with Crippen molar-refractivity contribution in [1.82, 2.24) is 49.5 Å². The third-order valence-electron chi connectivity index (χ3n) is 13.8. The molecule has 0 unspecified atom stereocenters. The second-order valence-corrected chi connectivity index (χ2v) is 26.3. The molecule has 0 saturated carbocycles. The Labute approximate surface area is 575 Å². The molecule has 4 aromatic heterocycles. The van der Waals surface area contributed by atoms with Crippen LogP contribution in [0.1, 0.15) is 198 Å². The Morgan fingerprint density at radius 2 is 0.583 bits per heavy atom. The van der Waals surface area contributed by atoms with Gasteiger partial charge in [-0.2, -0.15) is 0 Å². The van der Waals surface area contributed by atoms with Crippen LogP contribution < -0.4 is 0 Å². The van der Waals surface area contributed by atoms with E-state index in [4.69, 9.17) is 23.2 Å². The molecule has 14 nitrogen and oxygen atoms in total. The van der Waals surface area contributed by atoms with E-state index in [0.717, 1.165) is 16.7 Å². The van der Waals surface area contributed by atoms with Crippen molar-refractivity contribution in [3.8, 4) is 47.4 Å². The van der Waals surface area contributed by atoms with Crippen molar-refractivity contribution >= 4 is 46.8 Å². The summed E-state index contributed by atoms with van der Waals surface area (Å²) in [5, 5.41) is 1.29. The number of nitrogens with zero attached hydrogens (tertiary/aromatic N) is 10. The van der Waals surface area contributed by atoms with E-state index < -0.39 is 0 Å². The van der Waals surface area contributed by atoms with Crippen molar-refractivity contribution in [2.45, 2.75) is 133 Å². The lowest BCUT2D eigenvalue weighted by Gasteiger charge is -2.34. The summed E-state index contributed by atoms with van der Waals surface area (Å²) in [5.74, 6) is 22.7. The van der Waals surface area contributed by atoms with E-state index in [-0.39, 0.29) is 69.1 Å². The molecule has 0 fully saturated rings.